The van der Waals surface area contributed by atoms with Gasteiger partial charge in [-0.05, 0) is 45.0 Å². The largest absolute Gasteiger partial charge is 0.324 e. The Hall–Kier alpha value is -0.930. The number of hydrogen-bond acceptors (Lipinski definition) is 2. The van der Waals surface area contributed by atoms with Crippen molar-refractivity contribution in [1.82, 2.24) is 4.90 Å². The first-order chi connectivity index (χ1) is 8.69. The molecule has 1 aromatic rings. The van der Waals surface area contributed by atoms with Crippen LogP contribution in [0.1, 0.15) is 44.7 Å². The monoisotopic (exact) mass is 252 g/mol. The zero-order valence-electron chi connectivity index (χ0n) is 11.5. The molecule has 1 rings (SSSR count). The second-order valence-corrected chi connectivity index (χ2v) is 4.76. The maximum absolute atomic E-state index is 13.6. The Bertz CT molecular complexity index is 335. The van der Waals surface area contributed by atoms with E-state index in [4.69, 9.17) is 5.73 Å². The Kier molecular flexibility index (Phi) is 6.91. The van der Waals surface area contributed by atoms with Crippen molar-refractivity contribution in [1.29, 1.82) is 0 Å². The molecule has 0 radical (unpaired) electrons. The zero-order chi connectivity index (χ0) is 13.4. The van der Waals surface area contributed by atoms with Gasteiger partial charge in [-0.15, -0.1) is 0 Å². The van der Waals surface area contributed by atoms with E-state index in [1.165, 1.54) is 6.07 Å². The average Bonchev–Trinajstić information content (AvgIpc) is 2.36. The highest BCUT2D eigenvalue weighted by Crippen LogP contribution is 2.17. The molecule has 0 aliphatic heterocycles. The molecule has 0 spiro atoms. The van der Waals surface area contributed by atoms with Gasteiger partial charge in [0.25, 0.3) is 0 Å². The maximum atomic E-state index is 13.6. The molecular weight excluding hydrogens is 227 g/mol. The van der Waals surface area contributed by atoms with Gasteiger partial charge in [0.2, 0.25) is 0 Å². The van der Waals surface area contributed by atoms with Crippen LogP contribution in [0.4, 0.5) is 4.39 Å². The van der Waals surface area contributed by atoms with Gasteiger partial charge in [0.15, 0.2) is 0 Å². The number of nitrogens with two attached hydrogens (primary N) is 1. The van der Waals surface area contributed by atoms with E-state index >= 15 is 0 Å². The van der Waals surface area contributed by atoms with Crippen molar-refractivity contribution in [3.05, 3.63) is 35.6 Å². The van der Waals surface area contributed by atoms with E-state index in [9.17, 15) is 4.39 Å². The minimum absolute atomic E-state index is 0.192. The second-order valence-electron chi connectivity index (χ2n) is 4.76. The second kappa shape index (κ2) is 8.22. The first kappa shape index (κ1) is 15.1. The lowest BCUT2D eigenvalue weighted by Gasteiger charge is -2.23. The fourth-order valence-electron chi connectivity index (χ4n) is 2.22. The van der Waals surface area contributed by atoms with E-state index in [-0.39, 0.29) is 11.9 Å². The summed E-state index contributed by atoms with van der Waals surface area (Å²) in [4.78, 5) is 2.40. The lowest BCUT2D eigenvalue weighted by atomic mass is 10.0. The van der Waals surface area contributed by atoms with Crippen LogP contribution in [-0.4, -0.2) is 24.5 Å². The average molecular weight is 252 g/mol. The van der Waals surface area contributed by atoms with Gasteiger partial charge in [-0.25, -0.2) is 4.39 Å². The molecule has 0 bridgehead atoms. The zero-order valence-corrected chi connectivity index (χ0v) is 11.5. The smallest absolute Gasteiger partial charge is 0.127 e. The fraction of sp³-hybridized carbons (Fsp3) is 0.600. The molecule has 0 saturated carbocycles. The number of hydrogen-bond donors (Lipinski definition) is 1. The van der Waals surface area contributed by atoms with Crippen molar-refractivity contribution in [2.45, 2.75) is 39.2 Å². The fourth-order valence-corrected chi connectivity index (χ4v) is 2.22. The SMILES string of the molecule is CCCN(CCC)CCC(N)c1ccccc1F. The van der Waals surface area contributed by atoms with Crippen molar-refractivity contribution in [3.63, 3.8) is 0 Å². The van der Waals surface area contributed by atoms with Gasteiger partial charge in [-0.1, -0.05) is 32.0 Å². The van der Waals surface area contributed by atoms with Crippen molar-refractivity contribution in [2.75, 3.05) is 19.6 Å². The van der Waals surface area contributed by atoms with Crippen LogP contribution in [0.3, 0.4) is 0 Å². The summed E-state index contributed by atoms with van der Waals surface area (Å²) in [5.74, 6) is -0.192. The summed E-state index contributed by atoms with van der Waals surface area (Å²) in [5.41, 5.74) is 6.70. The minimum Gasteiger partial charge on any atom is -0.324 e. The van der Waals surface area contributed by atoms with Crippen LogP contribution in [0.25, 0.3) is 0 Å². The molecule has 102 valence electrons. The van der Waals surface area contributed by atoms with E-state index < -0.39 is 0 Å². The molecule has 0 fully saturated rings. The van der Waals surface area contributed by atoms with Crippen LogP contribution >= 0.6 is 0 Å². The predicted molar refractivity (Wildman–Crippen MR) is 75.0 cm³/mol. The summed E-state index contributed by atoms with van der Waals surface area (Å²) < 4.78 is 13.6. The van der Waals surface area contributed by atoms with Gasteiger partial charge in [0.1, 0.15) is 5.82 Å². The van der Waals surface area contributed by atoms with Crippen LogP contribution in [0, 0.1) is 5.82 Å². The Labute approximate surface area is 110 Å². The molecule has 0 aliphatic carbocycles. The van der Waals surface area contributed by atoms with E-state index in [1.54, 1.807) is 12.1 Å². The number of halogens is 1. The normalized spacial score (nSPS) is 12.9. The topological polar surface area (TPSA) is 29.3 Å². The van der Waals surface area contributed by atoms with E-state index in [0.29, 0.717) is 5.56 Å². The Balaban J connectivity index is 2.49. The number of benzene rings is 1. The van der Waals surface area contributed by atoms with Crippen LogP contribution in [0.2, 0.25) is 0 Å². The van der Waals surface area contributed by atoms with E-state index in [2.05, 4.69) is 18.7 Å². The minimum atomic E-state index is -0.206. The molecule has 2 nitrogen and oxygen atoms in total. The van der Waals surface area contributed by atoms with Crippen molar-refractivity contribution in [2.24, 2.45) is 5.73 Å². The Morgan fingerprint density at radius 2 is 1.72 bits per heavy atom. The standard InChI is InChI=1S/C15H25FN2/c1-3-10-18(11-4-2)12-9-15(17)13-7-5-6-8-14(13)16/h5-8,15H,3-4,9-12,17H2,1-2H3. The van der Waals surface area contributed by atoms with Crippen LogP contribution < -0.4 is 5.73 Å². The van der Waals surface area contributed by atoms with Crippen LogP contribution in [0.15, 0.2) is 24.3 Å². The van der Waals surface area contributed by atoms with Gasteiger partial charge in [0.05, 0.1) is 0 Å². The van der Waals surface area contributed by atoms with Gasteiger partial charge in [-0.3, -0.25) is 0 Å². The lowest BCUT2D eigenvalue weighted by molar-refractivity contribution is 0.263. The highest BCUT2D eigenvalue weighted by molar-refractivity contribution is 5.20. The van der Waals surface area contributed by atoms with E-state index in [1.807, 2.05) is 6.07 Å². The molecule has 18 heavy (non-hydrogen) atoms. The van der Waals surface area contributed by atoms with Gasteiger partial charge < -0.3 is 10.6 Å². The van der Waals surface area contributed by atoms with Crippen molar-refractivity contribution >= 4 is 0 Å². The van der Waals surface area contributed by atoms with Gasteiger partial charge in [0, 0.05) is 11.6 Å². The third-order valence-electron chi connectivity index (χ3n) is 3.14. The summed E-state index contributed by atoms with van der Waals surface area (Å²) >= 11 is 0. The highest BCUT2D eigenvalue weighted by Gasteiger charge is 2.12. The summed E-state index contributed by atoms with van der Waals surface area (Å²) in [6.45, 7) is 7.49. The van der Waals surface area contributed by atoms with Crippen LogP contribution in [0.5, 0.6) is 0 Å². The highest BCUT2D eigenvalue weighted by atomic mass is 19.1. The molecule has 1 atom stereocenters. The molecule has 3 heteroatoms. The summed E-state index contributed by atoms with van der Waals surface area (Å²) in [5, 5.41) is 0. The summed E-state index contributed by atoms with van der Waals surface area (Å²) in [6, 6.07) is 6.59. The third-order valence-corrected chi connectivity index (χ3v) is 3.14. The maximum Gasteiger partial charge on any atom is 0.127 e. The Morgan fingerprint density at radius 1 is 1.11 bits per heavy atom. The Morgan fingerprint density at radius 3 is 2.28 bits per heavy atom. The predicted octanol–water partition coefficient (Wildman–Crippen LogP) is 3.34. The molecular formula is C15H25FN2. The molecule has 0 aromatic heterocycles. The molecule has 0 amide bonds. The van der Waals surface area contributed by atoms with Crippen LogP contribution in [-0.2, 0) is 0 Å². The third kappa shape index (κ3) is 4.75. The molecule has 0 heterocycles. The van der Waals surface area contributed by atoms with Crippen molar-refractivity contribution < 1.29 is 4.39 Å². The number of rotatable bonds is 8. The summed E-state index contributed by atoms with van der Waals surface area (Å²) in [7, 11) is 0. The lowest BCUT2D eigenvalue weighted by Crippen LogP contribution is -2.29. The first-order valence-corrected chi connectivity index (χ1v) is 6.91. The molecule has 1 aromatic carbocycles. The molecule has 0 saturated heterocycles. The molecule has 1 unspecified atom stereocenters. The molecule has 0 aliphatic rings. The first-order valence-electron chi connectivity index (χ1n) is 6.91. The number of nitrogens with zero attached hydrogens (tertiary/aromatic N) is 1. The quantitative estimate of drug-likeness (QED) is 0.769. The molecule has 2 N–H and O–H groups in total. The van der Waals surface area contributed by atoms with Gasteiger partial charge in [-0.2, -0.15) is 0 Å². The van der Waals surface area contributed by atoms with Crippen molar-refractivity contribution in [3.8, 4) is 0 Å². The van der Waals surface area contributed by atoms with Gasteiger partial charge >= 0.3 is 0 Å². The van der Waals surface area contributed by atoms with E-state index in [0.717, 1.165) is 38.9 Å². The summed E-state index contributed by atoms with van der Waals surface area (Å²) in [6.07, 6.45) is 3.10.